The average molecular weight is 252 g/mol. The van der Waals surface area contributed by atoms with Crippen molar-refractivity contribution >= 4 is 0 Å². The van der Waals surface area contributed by atoms with E-state index in [9.17, 15) is 0 Å². The zero-order valence-corrected chi connectivity index (χ0v) is 10.5. The number of hydrogen-bond donors (Lipinski definition) is 0. The molecule has 0 N–H and O–H groups in total. The van der Waals surface area contributed by atoms with E-state index in [4.69, 9.17) is 15.7 Å². The summed E-state index contributed by atoms with van der Waals surface area (Å²) in [6.45, 7) is 0. The van der Waals surface area contributed by atoms with Gasteiger partial charge in [-0.1, -0.05) is 0 Å². The molecule has 0 aliphatic rings. The zero-order valence-electron chi connectivity index (χ0n) is 3.01. The van der Waals surface area contributed by atoms with Crippen LogP contribution in [0.2, 0.25) is 0 Å². The van der Waals surface area contributed by atoms with E-state index in [0.29, 0.717) is 0 Å². The molecular weight excluding hydrogens is 252 g/mol. The molecule has 6 heteroatoms. The third-order valence-corrected chi connectivity index (χ3v) is 0. The van der Waals surface area contributed by atoms with Crippen LogP contribution in [0.15, 0.2) is 0 Å². The first kappa shape index (κ1) is 10.8. The molecule has 0 saturated heterocycles. The molecule has 6 heavy (non-hydrogen) atoms. The van der Waals surface area contributed by atoms with Crippen LogP contribution in [0.4, 0.5) is 0 Å². The quantitative estimate of drug-likeness (QED) is 0.407. The van der Waals surface area contributed by atoms with Crippen LogP contribution in [0.1, 0.15) is 0 Å². The summed E-state index contributed by atoms with van der Waals surface area (Å²) in [6, 6.07) is 0. The predicted molar refractivity (Wildman–Crippen MR) is 2.06 cm³/mol. The van der Waals surface area contributed by atoms with Crippen molar-refractivity contribution in [1.82, 2.24) is 0 Å². The molecule has 0 amide bonds. The third kappa shape index (κ3) is 38.7. The Morgan fingerprint density at radius 3 is 1.17 bits per heavy atom. The van der Waals surface area contributed by atoms with Crippen LogP contribution in [-0.2, 0) is 24.5 Å². The molecule has 0 atom stereocenters. The summed E-state index contributed by atoms with van der Waals surface area (Å²) in [5, 5.41) is 0. The molecular formula is CsMnO4. The first-order valence-corrected chi connectivity index (χ1v) is 2.54. The van der Waals surface area contributed by atoms with Gasteiger partial charge in [-0.3, -0.25) is 0 Å². The Morgan fingerprint density at radius 2 is 1.17 bits per heavy atom. The summed E-state index contributed by atoms with van der Waals surface area (Å²) in [7, 11) is 0. The van der Waals surface area contributed by atoms with E-state index in [0.717, 1.165) is 0 Å². The molecule has 0 aromatic rings. The Kier molecular flexibility index (Phi) is 7.00. The van der Waals surface area contributed by atoms with Gasteiger partial charge in [-0.05, 0) is 0 Å². The Labute approximate surface area is 94.9 Å². The van der Waals surface area contributed by atoms with Crippen molar-refractivity contribution in [2.24, 2.45) is 0 Å². The van der Waals surface area contributed by atoms with E-state index in [-0.39, 0.29) is 68.9 Å². The van der Waals surface area contributed by atoms with Gasteiger partial charge in [0.05, 0.1) is 0 Å². The maximum atomic E-state index is 8.58. The molecule has 0 saturated carbocycles. The monoisotopic (exact) mass is 252 g/mol. The Morgan fingerprint density at radius 1 is 1.17 bits per heavy atom. The fourth-order valence-electron chi connectivity index (χ4n) is 0. The second-order valence-corrected chi connectivity index (χ2v) is 1.56. The molecule has 0 spiro atoms. The fourth-order valence-corrected chi connectivity index (χ4v) is 0. The van der Waals surface area contributed by atoms with Gasteiger partial charge in [0, 0.05) is 0 Å². The van der Waals surface area contributed by atoms with Gasteiger partial charge in [0.25, 0.3) is 0 Å². The van der Waals surface area contributed by atoms with Crippen LogP contribution in [0.5, 0.6) is 0 Å². The third-order valence-electron chi connectivity index (χ3n) is 0. The molecule has 0 rings (SSSR count). The number of hydrogen-bond acceptors (Lipinski definition) is 4. The summed E-state index contributed by atoms with van der Waals surface area (Å²) in [6.07, 6.45) is 0. The Hall–Kier alpha value is 1.93. The van der Waals surface area contributed by atoms with Crippen molar-refractivity contribution in [1.29, 1.82) is 0 Å². The summed E-state index contributed by atoms with van der Waals surface area (Å²) in [5.41, 5.74) is 0. The standard InChI is InChI=1S/Cs.Mn.4O/q+1;;;;;-1. The van der Waals surface area contributed by atoms with Crippen molar-refractivity contribution in [3.8, 4) is 0 Å². The van der Waals surface area contributed by atoms with Crippen LogP contribution < -0.4 is 73.1 Å². The molecule has 0 radical (unpaired) electrons. The van der Waals surface area contributed by atoms with Crippen molar-refractivity contribution in [3.63, 3.8) is 0 Å². The second-order valence-electron chi connectivity index (χ2n) is 0.378. The molecule has 0 aromatic carbocycles. The molecule has 0 aliphatic heterocycles. The van der Waals surface area contributed by atoms with Gasteiger partial charge in [0.1, 0.15) is 0 Å². The molecule has 0 aromatic heterocycles. The van der Waals surface area contributed by atoms with Crippen molar-refractivity contribution < 1.29 is 97.6 Å². The minimum absolute atomic E-state index is 0. The van der Waals surface area contributed by atoms with Crippen LogP contribution in [0, 0.1) is 0 Å². The molecule has 4 nitrogen and oxygen atoms in total. The SMILES string of the molecule is [Cs+].[O]=[Mn](=[O])(=[O])[O-]. The van der Waals surface area contributed by atoms with Crippen LogP contribution in [-0.4, -0.2) is 0 Å². The van der Waals surface area contributed by atoms with Gasteiger partial charge in [-0.2, -0.15) is 0 Å². The first-order valence-electron chi connectivity index (χ1n) is 0.617. The second kappa shape index (κ2) is 3.88. The molecule has 0 fully saturated rings. The van der Waals surface area contributed by atoms with E-state index in [1.54, 1.807) is 0 Å². The Balaban J connectivity index is 0. The van der Waals surface area contributed by atoms with Crippen molar-refractivity contribution in [3.05, 3.63) is 0 Å². The van der Waals surface area contributed by atoms with E-state index in [2.05, 4.69) is 0 Å². The maximum absolute atomic E-state index is 8.58. The van der Waals surface area contributed by atoms with Gasteiger partial charge >= 0.3 is 97.6 Å². The van der Waals surface area contributed by atoms with E-state index in [1.807, 2.05) is 0 Å². The summed E-state index contributed by atoms with van der Waals surface area (Å²) < 4.78 is 34.3. The van der Waals surface area contributed by atoms with E-state index >= 15 is 0 Å². The molecule has 0 aliphatic carbocycles. The van der Waals surface area contributed by atoms with Gasteiger partial charge in [-0.15, -0.1) is 0 Å². The Bertz CT molecular complexity index is 129. The molecule has 0 heterocycles. The fraction of sp³-hybridized carbons (Fsp3) is 0. The van der Waals surface area contributed by atoms with Crippen LogP contribution in [0.3, 0.4) is 0 Å². The van der Waals surface area contributed by atoms with Gasteiger partial charge in [0.2, 0.25) is 0 Å². The van der Waals surface area contributed by atoms with Crippen LogP contribution >= 0.6 is 0 Å². The van der Waals surface area contributed by atoms with E-state index in [1.165, 1.54) is 0 Å². The van der Waals surface area contributed by atoms with Crippen molar-refractivity contribution in [2.75, 3.05) is 0 Å². The topological polar surface area (TPSA) is 74.3 Å². The predicted octanol–water partition coefficient (Wildman–Crippen LogP) is -4.54. The van der Waals surface area contributed by atoms with Gasteiger partial charge in [0.15, 0.2) is 0 Å². The zero-order chi connectivity index (χ0) is 4.50. The van der Waals surface area contributed by atoms with E-state index < -0.39 is 13.0 Å². The summed E-state index contributed by atoms with van der Waals surface area (Å²) in [4.78, 5) is 0. The minimum atomic E-state index is -5.62. The van der Waals surface area contributed by atoms with Gasteiger partial charge in [-0.25, -0.2) is 0 Å². The number of rotatable bonds is 0. The first-order chi connectivity index (χ1) is 2.00. The molecule has 0 unspecified atom stereocenters. The summed E-state index contributed by atoms with van der Waals surface area (Å²) in [5.74, 6) is 0. The normalized spacial score (nSPS) is 9.50. The molecule has 0 bridgehead atoms. The average Bonchev–Trinajstić information content (AvgIpc) is 0.722. The molecule has 32 valence electrons. The van der Waals surface area contributed by atoms with Crippen LogP contribution in [0.25, 0.3) is 0 Å². The van der Waals surface area contributed by atoms with Gasteiger partial charge < -0.3 is 0 Å². The van der Waals surface area contributed by atoms with Crippen molar-refractivity contribution in [2.45, 2.75) is 0 Å². The summed E-state index contributed by atoms with van der Waals surface area (Å²) >= 11 is -5.62.